The molecule has 4 rings (SSSR count). The molecule has 3 heterocycles. The van der Waals surface area contributed by atoms with Crippen molar-refractivity contribution in [3.63, 3.8) is 0 Å². The highest BCUT2D eigenvalue weighted by atomic mass is 19.4. The molecule has 0 saturated carbocycles. The van der Waals surface area contributed by atoms with Gasteiger partial charge in [-0.25, -0.2) is 19.3 Å². The van der Waals surface area contributed by atoms with Crippen LogP contribution >= 0.6 is 0 Å². The van der Waals surface area contributed by atoms with Gasteiger partial charge in [0.15, 0.2) is 5.82 Å². The van der Waals surface area contributed by atoms with Crippen molar-refractivity contribution in [2.75, 3.05) is 10.2 Å². The summed E-state index contributed by atoms with van der Waals surface area (Å²) in [6.07, 6.45) is -2.59. The van der Waals surface area contributed by atoms with Crippen molar-refractivity contribution >= 4 is 34.8 Å². The van der Waals surface area contributed by atoms with E-state index < -0.39 is 34.8 Å². The molecular weight excluding hydrogens is 549 g/mol. The first-order valence-electron chi connectivity index (χ1n) is 13.2. The number of ether oxygens (including phenoxy) is 1. The Labute approximate surface area is 241 Å². The molecule has 4 aromatic rings. The van der Waals surface area contributed by atoms with Crippen LogP contribution in [-0.2, 0) is 15.7 Å². The first-order valence-corrected chi connectivity index (χ1v) is 13.2. The van der Waals surface area contributed by atoms with Gasteiger partial charge in [-0.15, -0.1) is 0 Å². The molecule has 0 radical (unpaired) electrons. The number of rotatable bonds is 5. The zero-order chi connectivity index (χ0) is 31.0. The van der Waals surface area contributed by atoms with E-state index in [-0.39, 0.29) is 23.6 Å². The van der Waals surface area contributed by atoms with Crippen molar-refractivity contribution in [1.82, 2.24) is 19.6 Å². The Morgan fingerprint density at radius 2 is 1.71 bits per heavy atom. The second-order valence-electron chi connectivity index (χ2n) is 12.1. The van der Waals surface area contributed by atoms with Gasteiger partial charge < -0.3 is 10.1 Å². The number of fused-ring (bicyclic) bond motifs is 1. The van der Waals surface area contributed by atoms with E-state index in [1.807, 2.05) is 20.8 Å². The number of nitrogens with one attached hydrogen (secondary N) is 1. The van der Waals surface area contributed by atoms with Crippen molar-refractivity contribution in [1.29, 1.82) is 0 Å². The number of anilines is 3. The number of hydrogen-bond donors (Lipinski definition) is 1. The van der Waals surface area contributed by atoms with Gasteiger partial charge in [-0.3, -0.25) is 4.79 Å². The number of alkyl halides is 3. The highest BCUT2D eigenvalue weighted by molar-refractivity contribution is 6.12. The fourth-order valence-corrected chi connectivity index (χ4v) is 4.32. The number of carbonyl (C=O) groups excluding carboxylic acids is 2. The van der Waals surface area contributed by atoms with Gasteiger partial charge >= 0.3 is 12.3 Å². The van der Waals surface area contributed by atoms with Crippen LogP contribution in [0, 0.1) is 12.3 Å². The van der Waals surface area contributed by atoms with Crippen LogP contribution in [0.4, 0.5) is 35.3 Å². The first kappa shape index (κ1) is 30.5. The maximum Gasteiger partial charge on any atom is 0.423 e. The monoisotopic (exact) mass is 582 g/mol. The summed E-state index contributed by atoms with van der Waals surface area (Å²) in [6, 6.07) is 10.0. The Kier molecular flexibility index (Phi) is 8.03. The van der Waals surface area contributed by atoms with Gasteiger partial charge in [0.25, 0.3) is 0 Å². The summed E-state index contributed by atoms with van der Waals surface area (Å²) in [5, 5.41) is 7.51. The normalized spacial score (nSPS) is 12.3. The van der Waals surface area contributed by atoms with E-state index >= 15 is 0 Å². The van der Waals surface area contributed by atoms with Gasteiger partial charge in [0.05, 0.1) is 16.8 Å². The Bertz CT molecular complexity index is 1610. The quantitative estimate of drug-likeness (QED) is 0.259. The van der Waals surface area contributed by atoms with E-state index in [1.54, 1.807) is 56.6 Å². The summed E-state index contributed by atoms with van der Waals surface area (Å²) in [7, 11) is 0. The lowest BCUT2D eigenvalue weighted by Crippen LogP contribution is -2.42. The third-order valence-electron chi connectivity index (χ3n) is 5.98. The molecule has 0 atom stereocenters. The molecule has 9 nitrogen and oxygen atoms in total. The largest absolute Gasteiger partial charge is 0.443 e. The van der Waals surface area contributed by atoms with Crippen molar-refractivity contribution in [3.05, 3.63) is 66.2 Å². The van der Waals surface area contributed by atoms with E-state index in [0.29, 0.717) is 22.5 Å². The zero-order valence-corrected chi connectivity index (χ0v) is 24.5. The minimum atomic E-state index is -4.58. The lowest BCUT2D eigenvalue weighted by Gasteiger charge is -2.27. The van der Waals surface area contributed by atoms with E-state index in [2.05, 4.69) is 20.4 Å². The van der Waals surface area contributed by atoms with Gasteiger partial charge in [0.2, 0.25) is 5.91 Å². The molecule has 0 spiro atoms. The summed E-state index contributed by atoms with van der Waals surface area (Å²) in [5.74, 6) is -0.428. The highest BCUT2D eigenvalue weighted by Crippen LogP contribution is 2.40. The van der Waals surface area contributed by atoms with Crippen LogP contribution in [0.3, 0.4) is 0 Å². The predicted molar refractivity (Wildman–Crippen MR) is 153 cm³/mol. The molecule has 222 valence electrons. The fraction of sp³-hybridized carbons (Fsp3) is 0.367. The van der Waals surface area contributed by atoms with Crippen molar-refractivity contribution in [2.24, 2.45) is 5.41 Å². The molecule has 12 heteroatoms. The second kappa shape index (κ2) is 11.1. The number of benzene rings is 1. The lowest BCUT2D eigenvalue weighted by molar-refractivity contribution is -0.137. The van der Waals surface area contributed by atoms with E-state index in [9.17, 15) is 22.8 Å². The SMILES string of the molecule is Cc1nn2ccccc2c1-c1cc(C(F)(F)F)ccc1Nc1cc(N(C(=O)CC(C)(C)C)C(=O)OC(C)(C)C)ncn1. The standard InChI is InChI=1S/C30H33F3N6O3/c1-18-26(22-10-8-9-13-38(22)37-18)20-14-19(30(31,32)33)11-12-21(20)36-23-15-24(35-17-34-23)39(25(40)16-28(2,3)4)27(41)42-29(5,6)7/h8-15,17H,16H2,1-7H3,(H,34,35,36). The Hall–Kier alpha value is -4.48. The minimum Gasteiger partial charge on any atom is -0.443 e. The van der Waals surface area contributed by atoms with Gasteiger partial charge in [-0.05, 0) is 63.4 Å². The smallest absolute Gasteiger partial charge is 0.423 e. The van der Waals surface area contributed by atoms with Gasteiger partial charge in [0.1, 0.15) is 17.7 Å². The third kappa shape index (κ3) is 7.04. The molecule has 2 amide bonds. The number of hydrogen-bond acceptors (Lipinski definition) is 7. The van der Waals surface area contributed by atoms with Gasteiger partial charge in [0, 0.05) is 35.5 Å². The van der Waals surface area contributed by atoms with Gasteiger partial charge in [-0.2, -0.15) is 23.2 Å². The third-order valence-corrected chi connectivity index (χ3v) is 5.98. The average molecular weight is 583 g/mol. The van der Waals surface area contributed by atoms with Crippen LogP contribution in [0.5, 0.6) is 0 Å². The van der Waals surface area contributed by atoms with E-state index in [4.69, 9.17) is 4.74 Å². The molecule has 0 aliphatic rings. The fourth-order valence-electron chi connectivity index (χ4n) is 4.32. The topological polar surface area (TPSA) is 102 Å². The molecular formula is C30H33F3N6O3. The summed E-state index contributed by atoms with van der Waals surface area (Å²) in [5.41, 5.74) is 0.0510. The molecule has 42 heavy (non-hydrogen) atoms. The summed E-state index contributed by atoms with van der Waals surface area (Å²) >= 11 is 0. The van der Waals surface area contributed by atoms with E-state index in [1.165, 1.54) is 12.1 Å². The summed E-state index contributed by atoms with van der Waals surface area (Å²) in [6.45, 7) is 12.3. The highest BCUT2D eigenvalue weighted by Gasteiger charge is 2.33. The summed E-state index contributed by atoms with van der Waals surface area (Å²) < 4.78 is 48.4. The second-order valence-corrected chi connectivity index (χ2v) is 12.1. The number of nitrogens with zero attached hydrogens (tertiary/aromatic N) is 5. The van der Waals surface area contributed by atoms with Crippen LogP contribution in [0.15, 0.2) is 55.0 Å². The van der Waals surface area contributed by atoms with E-state index in [0.717, 1.165) is 23.4 Å². The van der Waals surface area contributed by atoms with Crippen LogP contribution in [0.25, 0.3) is 16.6 Å². The van der Waals surface area contributed by atoms with Crippen molar-refractivity contribution in [2.45, 2.75) is 66.7 Å². The molecule has 0 saturated heterocycles. The number of amides is 2. The lowest BCUT2D eigenvalue weighted by atomic mass is 9.91. The van der Waals surface area contributed by atoms with Crippen LogP contribution in [0.1, 0.15) is 59.2 Å². The number of carbonyl (C=O) groups is 2. The van der Waals surface area contributed by atoms with Crippen LogP contribution in [0.2, 0.25) is 0 Å². The number of imide groups is 1. The Morgan fingerprint density at radius 3 is 2.36 bits per heavy atom. The number of aryl methyl sites for hydroxylation is 1. The predicted octanol–water partition coefficient (Wildman–Crippen LogP) is 7.57. The Morgan fingerprint density at radius 1 is 1.00 bits per heavy atom. The number of pyridine rings is 1. The zero-order valence-electron chi connectivity index (χ0n) is 24.5. The van der Waals surface area contributed by atoms with Crippen molar-refractivity contribution < 1.29 is 27.5 Å². The van der Waals surface area contributed by atoms with Crippen LogP contribution < -0.4 is 10.2 Å². The molecule has 3 aromatic heterocycles. The molecule has 0 unspecified atom stereocenters. The average Bonchev–Trinajstić information content (AvgIpc) is 3.17. The number of halogens is 3. The minimum absolute atomic E-state index is 0.0239. The molecule has 0 fully saturated rings. The number of aromatic nitrogens is 4. The summed E-state index contributed by atoms with van der Waals surface area (Å²) in [4.78, 5) is 35.6. The molecule has 0 bridgehead atoms. The maximum atomic E-state index is 13.8. The molecule has 0 aliphatic heterocycles. The van der Waals surface area contributed by atoms with Gasteiger partial charge in [-0.1, -0.05) is 26.8 Å². The van der Waals surface area contributed by atoms with Crippen LogP contribution in [-0.4, -0.2) is 37.2 Å². The van der Waals surface area contributed by atoms with Crippen molar-refractivity contribution in [3.8, 4) is 11.1 Å². The first-order chi connectivity index (χ1) is 19.4. The molecule has 0 aliphatic carbocycles. The molecule has 1 aromatic carbocycles. The molecule has 1 N–H and O–H groups in total. The Balaban J connectivity index is 1.80. The maximum absolute atomic E-state index is 13.8.